The van der Waals surface area contributed by atoms with Gasteiger partial charge in [0.2, 0.25) is 11.8 Å². The lowest BCUT2D eigenvalue weighted by molar-refractivity contribution is -0.122. The molecular formula is C21H19N3O2. The van der Waals surface area contributed by atoms with Crippen LogP contribution in [0.25, 0.3) is 10.8 Å². The van der Waals surface area contributed by atoms with E-state index in [0.29, 0.717) is 5.69 Å². The highest BCUT2D eigenvalue weighted by atomic mass is 16.2. The summed E-state index contributed by atoms with van der Waals surface area (Å²) in [4.78, 5) is 26.5. The maximum absolute atomic E-state index is 13.0. The molecule has 3 aromatic carbocycles. The standard InChI is InChI=1S/C21H19N3O2/c1-14(22-17-11-6-8-15-7-2-3-9-16(15)17)21(26)24-13-20(25)23-18-10-4-5-12-19(18)24/h2-12,14,22H,13H2,1H3,(H,23,25)/t14-/m0/s1. The molecule has 5 heteroatoms. The van der Waals surface area contributed by atoms with E-state index in [9.17, 15) is 9.59 Å². The van der Waals surface area contributed by atoms with Crippen LogP contribution in [-0.4, -0.2) is 24.4 Å². The van der Waals surface area contributed by atoms with E-state index in [1.54, 1.807) is 6.07 Å². The van der Waals surface area contributed by atoms with Gasteiger partial charge in [0.05, 0.1) is 11.4 Å². The first-order chi connectivity index (χ1) is 12.6. The summed E-state index contributed by atoms with van der Waals surface area (Å²) >= 11 is 0. The third-order valence-corrected chi connectivity index (χ3v) is 4.57. The molecular weight excluding hydrogens is 326 g/mol. The minimum Gasteiger partial charge on any atom is -0.373 e. The Morgan fingerprint density at radius 2 is 1.77 bits per heavy atom. The number of fused-ring (bicyclic) bond motifs is 2. The highest BCUT2D eigenvalue weighted by Gasteiger charge is 2.29. The number of anilines is 3. The third kappa shape index (κ3) is 2.88. The summed E-state index contributed by atoms with van der Waals surface area (Å²) in [5.41, 5.74) is 2.29. The van der Waals surface area contributed by atoms with Gasteiger partial charge in [-0.2, -0.15) is 0 Å². The number of carbonyl (C=O) groups excluding carboxylic acids is 2. The first kappa shape index (κ1) is 16.1. The Bertz CT molecular complexity index is 994. The zero-order valence-corrected chi connectivity index (χ0v) is 14.4. The number of para-hydroxylation sites is 2. The van der Waals surface area contributed by atoms with Crippen LogP contribution in [0.1, 0.15) is 6.92 Å². The van der Waals surface area contributed by atoms with Crippen molar-refractivity contribution in [2.24, 2.45) is 0 Å². The number of hydrogen-bond donors (Lipinski definition) is 2. The first-order valence-electron chi connectivity index (χ1n) is 8.58. The predicted molar refractivity (Wildman–Crippen MR) is 104 cm³/mol. The van der Waals surface area contributed by atoms with Gasteiger partial charge in [-0.25, -0.2) is 0 Å². The van der Waals surface area contributed by atoms with Gasteiger partial charge in [-0.15, -0.1) is 0 Å². The Hall–Kier alpha value is -3.34. The molecule has 0 saturated heterocycles. The second-order valence-electron chi connectivity index (χ2n) is 6.38. The molecule has 1 aliphatic heterocycles. The SMILES string of the molecule is C[C@H](Nc1cccc2ccccc12)C(=O)N1CC(=O)Nc2ccccc21. The van der Waals surface area contributed by atoms with E-state index in [0.717, 1.165) is 22.1 Å². The fourth-order valence-electron chi connectivity index (χ4n) is 3.31. The van der Waals surface area contributed by atoms with E-state index in [1.165, 1.54) is 4.90 Å². The van der Waals surface area contributed by atoms with Crippen molar-refractivity contribution in [2.45, 2.75) is 13.0 Å². The summed E-state index contributed by atoms with van der Waals surface area (Å²) in [6, 6.07) is 20.9. The zero-order valence-electron chi connectivity index (χ0n) is 14.4. The van der Waals surface area contributed by atoms with Crippen molar-refractivity contribution in [1.29, 1.82) is 0 Å². The molecule has 0 aliphatic carbocycles. The third-order valence-electron chi connectivity index (χ3n) is 4.57. The zero-order chi connectivity index (χ0) is 18.1. The largest absolute Gasteiger partial charge is 0.373 e. The molecule has 0 saturated carbocycles. The van der Waals surface area contributed by atoms with E-state index < -0.39 is 6.04 Å². The lowest BCUT2D eigenvalue weighted by atomic mass is 10.1. The van der Waals surface area contributed by atoms with Crippen molar-refractivity contribution >= 4 is 39.6 Å². The van der Waals surface area contributed by atoms with Crippen molar-refractivity contribution in [3.63, 3.8) is 0 Å². The Morgan fingerprint density at radius 3 is 2.65 bits per heavy atom. The average Bonchev–Trinajstić information content (AvgIpc) is 2.67. The molecule has 2 N–H and O–H groups in total. The van der Waals surface area contributed by atoms with Crippen LogP contribution in [0.3, 0.4) is 0 Å². The van der Waals surface area contributed by atoms with Crippen LogP contribution in [0.4, 0.5) is 17.1 Å². The van der Waals surface area contributed by atoms with E-state index in [-0.39, 0.29) is 18.4 Å². The van der Waals surface area contributed by atoms with E-state index in [4.69, 9.17) is 0 Å². The molecule has 1 heterocycles. The average molecular weight is 345 g/mol. The lowest BCUT2D eigenvalue weighted by Gasteiger charge is -2.31. The van der Waals surface area contributed by atoms with Crippen LogP contribution in [0.5, 0.6) is 0 Å². The highest BCUT2D eigenvalue weighted by molar-refractivity contribution is 6.11. The van der Waals surface area contributed by atoms with E-state index >= 15 is 0 Å². The number of benzene rings is 3. The second-order valence-corrected chi connectivity index (χ2v) is 6.38. The Morgan fingerprint density at radius 1 is 1.04 bits per heavy atom. The number of rotatable bonds is 3. The first-order valence-corrected chi connectivity index (χ1v) is 8.58. The van der Waals surface area contributed by atoms with Crippen molar-refractivity contribution in [3.05, 3.63) is 66.7 Å². The molecule has 3 aromatic rings. The number of nitrogens with one attached hydrogen (secondary N) is 2. The molecule has 5 nitrogen and oxygen atoms in total. The van der Waals surface area contributed by atoms with Gasteiger partial charge in [-0.05, 0) is 30.5 Å². The summed E-state index contributed by atoms with van der Waals surface area (Å²) in [7, 11) is 0. The van der Waals surface area contributed by atoms with Gasteiger partial charge in [0, 0.05) is 11.1 Å². The van der Waals surface area contributed by atoms with Crippen LogP contribution in [0.15, 0.2) is 66.7 Å². The lowest BCUT2D eigenvalue weighted by Crippen LogP contribution is -2.47. The van der Waals surface area contributed by atoms with Crippen molar-refractivity contribution in [2.75, 3.05) is 22.1 Å². The molecule has 0 spiro atoms. The molecule has 26 heavy (non-hydrogen) atoms. The molecule has 1 aliphatic rings. The van der Waals surface area contributed by atoms with Gasteiger partial charge >= 0.3 is 0 Å². The Balaban J connectivity index is 1.61. The monoisotopic (exact) mass is 345 g/mol. The number of amides is 2. The van der Waals surface area contributed by atoms with Crippen LogP contribution in [0.2, 0.25) is 0 Å². The fraction of sp³-hybridized carbons (Fsp3) is 0.143. The van der Waals surface area contributed by atoms with Crippen LogP contribution in [0, 0.1) is 0 Å². The summed E-state index contributed by atoms with van der Waals surface area (Å²) in [6.07, 6.45) is 0. The quantitative estimate of drug-likeness (QED) is 0.762. The summed E-state index contributed by atoms with van der Waals surface area (Å²) < 4.78 is 0. The number of carbonyl (C=O) groups is 2. The van der Waals surface area contributed by atoms with Crippen LogP contribution in [-0.2, 0) is 9.59 Å². The Kier molecular flexibility index (Phi) is 4.05. The van der Waals surface area contributed by atoms with Gasteiger partial charge in [0.25, 0.3) is 0 Å². The van der Waals surface area contributed by atoms with Gasteiger partial charge in [0.15, 0.2) is 0 Å². The molecule has 0 aromatic heterocycles. The minimum atomic E-state index is -0.472. The summed E-state index contributed by atoms with van der Waals surface area (Å²) in [6.45, 7) is 1.84. The molecule has 1 atom stereocenters. The van der Waals surface area contributed by atoms with Crippen molar-refractivity contribution in [1.82, 2.24) is 0 Å². The fourth-order valence-corrected chi connectivity index (χ4v) is 3.31. The van der Waals surface area contributed by atoms with Gasteiger partial charge in [-0.3, -0.25) is 14.5 Å². The Labute approximate surface area is 151 Å². The van der Waals surface area contributed by atoms with Gasteiger partial charge < -0.3 is 10.6 Å². The highest BCUT2D eigenvalue weighted by Crippen LogP contribution is 2.30. The smallest absolute Gasteiger partial charge is 0.249 e. The van der Waals surface area contributed by atoms with Gasteiger partial charge in [-0.1, -0.05) is 48.5 Å². The number of hydrogen-bond acceptors (Lipinski definition) is 3. The molecule has 0 bridgehead atoms. The molecule has 0 unspecified atom stereocenters. The topological polar surface area (TPSA) is 61.4 Å². The predicted octanol–water partition coefficient (Wildman–Crippen LogP) is 3.63. The summed E-state index contributed by atoms with van der Waals surface area (Å²) in [5, 5.41) is 8.28. The summed E-state index contributed by atoms with van der Waals surface area (Å²) in [5.74, 6) is -0.324. The van der Waals surface area contributed by atoms with Gasteiger partial charge in [0.1, 0.15) is 12.6 Å². The van der Waals surface area contributed by atoms with E-state index in [1.807, 2.05) is 67.6 Å². The van der Waals surface area contributed by atoms with Crippen LogP contribution < -0.4 is 15.5 Å². The molecule has 0 radical (unpaired) electrons. The maximum Gasteiger partial charge on any atom is 0.249 e. The van der Waals surface area contributed by atoms with E-state index in [2.05, 4.69) is 10.6 Å². The number of nitrogens with zero attached hydrogens (tertiary/aromatic N) is 1. The molecule has 4 rings (SSSR count). The normalized spacial score (nSPS) is 14.5. The van der Waals surface area contributed by atoms with Crippen molar-refractivity contribution < 1.29 is 9.59 Å². The molecule has 0 fully saturated rings. The maximum atomic E-state index is 13.0. The second kappa shape index (κ2) is 6.52. The van der Waals surface area contributed by atoms with Crippen LogP contribution >= 0.6 is 0 Å². The molecule has 130 valence electrons. The van der Waals surface area contributed by atoms with Crippen molar-refractivity contribution in [3.8, 4) is 0 Å². The molecule has 2 amide bonds. The minimum absolute atomic E-state index is 0.0252.